The van der Waals surface area contributed by atoms with Gasteiger partial charge in [-0.25, -0.2) is 9.37 Å². The predicted molar refractivity (Wildman–Crippen MR) is 76.5 cm³/mol. The first kappa shape index (κ1) is 13.3. The van der Waals surface area contributed by atoms with Gasteiger partial charge in [0.05, 0.1) is 42.3 Å². The summed E-state index contributed by atoms with van der Waals surface area (Å²) >= 11 is 0. The van der Waals surface area contributed by atoms with Gasteiger partial charge >= 0.3 is 0 Å². The summed E-state index contributed by atoms with van der Waals surface area (Å²) in [6.07, 6.45) is 3.37. The number of nitrogens with two attached hydrogens (primary N) is 1. The molecular weight excluding hydrogens is 273 g/mol. The molecule has 7 heteroatoms. The van der Waals surface area contributed by atoms with Gasteiger partial charge in [0.2, 0.25) is 5.95 Å². The molecule has 0 unspecified atom stereocenters. The van der Waals surface area contributed by atoms with Crippen LogP contribution < -0.4 is 10.5 Å². The summed E-state index contributed by atoms with van der Waals surface area (Å²) in [5, 5.41) is 0. The fourth-order valence-electron chi connectivity index (χ4n) is 2.13. The Morgan fingerprint density at radius 3 is 2.76 bits per heavy atom. The Morgan fingerprint density at radius 1 is 1.29 bits per heavy atom. The number of nitrogen functional groups attached to an aromatic ring is 1. The number of anilines is 1. The summed E-state index contributed by atoms with van der Waals surface area (Å²) in [7, 11) is 1.42. The van der Waals surface area contributed by atoms with E-state index in [1.54, 1.807) is 23.0 Å². The normalized spacial score (nSPS) is 11.0. The molecule has 0 fully saturated rings. The lowest BCUT2D eigenvalue weighted by atomic mass is 10.2. The molecule has 6 nitrogen and oxygen atoms in total. The van der Waals surface area contributed by atoms with Crippen LogP contribution in [0, 0.1) is 12.7 Å². The maximum absolute atomic E-state index is 13.7. The van der Waals surface area contributed by atoms with Gasteiger partial charge in [0.1, 0.15) is 0 Å². The topological polar surface area (TPSA) is 78.9 Å². The van der Waals surface area contributed by atoms with E-state index in [2.05, 4.69) is 15.0 Å². The molecule has 3 rings (SSSR count). The maximum atomic E-state index is 13.7. The van der Waals surface area contributed by atoms with E-state index in [-0.39, 0.29) is 5.75 Å². The number of nitrogens with zero attached hydrogens (tertiary/aromatic N) is 4. The zero-order chi connectivity index (χ0) is 15.0. The molecule has 0 aliphatic heterocycles. The lowest BCUT2D eigenvalue weighted by Crippen LogP contribution is -2.06. The van der Waals surface area contributed by atoms with Crippen molar-refractivity contribution in [3.8, 4) is 5.75 Å². The van der Waals surface area contributed by atoms with Crippen LogP contribution in [0.5, 0.6) is 5.75 Å². The van der Waals surface area contributed by atoms with Crippen LogP contribution in [-0.4, -0.2) is 26.6 Å². The zero-order valence-electron chi connectivity index (χ0n) is 11.7. The monoisotopic (exact) mass is 287 g/mol. The molecule has 2 N–H and O–H groups in total. The molecular formula is C14H14FN5O. The number of halogens is 1. The number of benzene rings is 1. The molecule has 0 bridgehead atoms. The zero-order valence-corrected chi connectivity index (χ0v) is 11.7. The molecule has 0 saturated carbocycles. The van der Waals surface area contributed by atoms with E-state index in [0.717, 1.165) is 11.4 Å². The molecule has 0 radical (unpaired) electrons. The number of imidazole rings is 1. The fourth-order valence-corrected chi connectivity index (χ4v) is 2.13. The van der Waals surface area contributed by atoms with Gasteiger partial charge in [0.15, 0.2) is 11.6 Å². The highest BCUT2D eigenvalue weighted by Crippen LogP contribution is 2.26. The molecule has 0 aliphatic rings. The van der Waals surface area contributed by atoms with Gasteiger partial charge in [-0.05, 0) is 6.92 Å². The Hall–Kier alpha value is -2.70. The predicted octanol–water partition coefficient (Wildman–Crippen LogP) is 1.91. The first-order valence-corrected chi connectivity index (χ1v) is 6.35. The van der Waals surface area contributed by atoms with Crippen LogP contribution in [-0.2, 0) is 6.54 Å². The SMILES string of the molecule is COc1cc2c(cc1F)nc(N)n2Cc1cnc(C)cn1. The van der Waals surface area contributed by atoms with Crippen LogP contribution in [0.1, 0.15) is 11.4 Å². The smallest absolute Gasteiger partial charge is 0.201 e. The number of aryl methyl sites for hydroxylation is 1. The lowest BCUT2D eigenvalue weighted by molar-refractivity contribution is 0.387. The number of fused-ring (bicyclic) bond motifs is 1. The molecule has 108 valence electrons. The van der Waals surface area contributed by atoms with Crippen LogP contribution >= 0.6 is 0 Å². The molecule has 3 aromatic rings. The first-order chi connectivity index (χ1) is 10.1. The molecule has 0 spiro atoms. The van der Waals surface area contributed by atoms with Gasteiger partial charge < -0.3 is 15.0 Å². The third-order valence-corrected chi connectivity index (χ3v) is 3.21. The quantitative estimate of drug-likeness (QED) is 0.796. The van der Waals surface area contributed by atoms with Crippen LogP contribution in [0.15, 0.2) is 24.5 Å². The summed E-state index contributed by atoms with van der Waals surface area (Å²) in [5.74, 6) is -0.0246. The van der Waals surface area contributed by atoms with Gasteiger partial charge in [-0.15, -0.1) is 0 Å². The first-order valence-electron chi connectivity index (χ1n) is 6.35. The van der Waals surface area contributed by atoms with Gasteiger partial charge in [0, 0.05) is 18.3 Å². The number of methoxy groups -OCH3 is 1. The van der Waals surface area contributed by atoms with Gasteiger partial charge in [-0.3, -0.25) is 9.97 Å². The van der Waals surface area contributed by atoms with E-state index in [0.29, 0.717) is 23.5 Å². The Bertz CT molecular complexity index is 797. The number of aromatic nitrogens is 4. The third-order valence-electron chi connectivity index (χ3n) is 3.21. The summed E-state index contributed by atoms with van der Waals surface area (Å²) in [4.78, 5) is 12.6. The van der Waals surface area contributed by atoms with Crippen LogP contribution in [0.2, 0.25) is 0 Å². The lowest BCUT2D eigenvalue weighted by Gasteiger charge is -2.07. The number of hydrogen-bond acceptors (Lipinski definition) is 5. The van der Waals surface area contributed by atoms with Crippen LogP contribution in [0.4, 0.5) is 10.3 Å². The standard InChI is InChI=1S/C14H14FN5O/c1-8-5-18-9(6-17-8)7-20-12-4-13(21-2)10(15)3-11(12)19-14(20)16/h3-6H,7H2,1-2H3,(H2,16,19). The van der Waals surface area contributed by atoms with Crippen molar-refractivity contribution >= 4 is 17.0 Å². The molecule has 2 aromatic heterocycles. The van der Waals surface area contributed by atoms with E-state index in [1.807, 2.05) is 6.92 Å². The summed E-state index contributed by atoms with van der Waals surface area (Å²) in [6.45, 7) is 2.27. The van der Waals surface area contributed by atoms with E-state index >= 15 is 0 Å². The minimum Gasteiger partial charge on any atom is -0.494 e. The van der Waals surface area contributed by atoms with E-state index in [9.17, 15) is 4.39 Å². The van der Waals surface area contributed by atoms with Crippen molar-refractivity contribution < 1.29 is 9.13 Å². The van der Waals surface area contributed by atoms with E-state index in [1.165, 1.54) is 13.2 Å². The minimum atomic E-state index is -0.468. The van der Waals surface area contributed by atoms with Gasteiger partial charge in [0.25, 0.3) is 0 Å². The Morgan fingerprint density at radius 2 is 2.10 bits per heavy atom. The third kappa shape index (κ3) is 2.37. The number of ether oxygens (including phenoxy) is 1. The van der Waals surface area contributed by atoms with Crippen LogP contribution in [0.3, 0.4) is 0 Å². The summed E-state index contributed by atoms with van der Waals surface area (Å²) in [6, 6.07) is 2.89. The Labute approximate surface area is 120 Å². The summed E-state index contributed by atoms with van der Waals surface area (Å²) < 4.78 is 20.4. The van der Waals surface area contributed by atoms with Gasteiger partial charge in [-0.2, -0.15) is 0 Å². The second-order valence-corrected chi connectivity index (χ2v) is 4.68. The van der Waals surface area contributed by atoms with Crippen LogP contribution in [0.25, 0.3) is 11.0 Å². The molecule has 0 atom stereocenters. The number of hydrogen-bond donors (Lipinski definition) is 1. The molecule has 21 heavy (non-hydrogen) atoms. The fraction of sp³-hybridized carbons (Fsp3) is 0.214. The van der Waals surface area contributed by atoms with Gasteiger partial charge in [-0.1, -0.05) is 0 Å². The average molecular weight is 287 g/mol. The van der Waals surface area contributed by atoms with E-state index < -0.39 is 5.82 Å². The van der Waals surface area contributed by atoms with Crippen molar-refractivity contribution in [1.29, 1.82) is 0 Å². The highest BCUT2D eigenvalue weighted by Gasteiger charge is 2.13. The van der Waals surface area contributed by atoms with E-state index in [4.69, 9.17) is 10.5 Å². The summed E-state index contributed by atoms with van der Waals surface area (Å²) in [5.41, 5.74) is 8.66. The van der Waals surface area contributed by atoms with Crippen molar-refractivity contribution in [3.63, 3.8) is 0 Å². The molecule has 2 heterocycles. The second kappa shape index (κ2) is 5.01. The van der Waals surface area contributed by atoms with Crippen molar-refractivity contribution in [1.82, 2.24) is 19.5 Å². The molecule has 1 aromatic carbocycles. The number of rotatable bonds is 3. The largest absolute Gasteiger partial charge is 0.494 e. The van der Waals surface area contributed by atoms with Crippen molar-refractivity contribution in [2.24, 2.45) is 0 Å². The maximum Gasteiger partial charge on any atom is 0.201 e. The Balaban J connectivity index is 2.08. The van der Waals surface area contributed by atoms with Crippen molar-refractivity contribution in [2.45, 2.75) is 13.5 Å². The molecule has 0 amide bonds. The van der Waals surface area contributed by atoms with Crippen molar-refractivity contribution in [2.75, 3.05) is 12.8 Å². The van der Waals surface area contributed by atoms with Crippen molar-refractivity contribution in [3.05, 3.63) is 41.7 Å². The highest BCUT2D eigenvalue weighted by molar-refractivity contribution is 5.80. The minimum absolute atomic E-state index is 0.152. The molecule has 0 aliphatic carbocycles. The Kier molecular flexibility index (Phi) is 3.17. The second-order valence-electron chi connectivity index (χ2n) is 4.68. The molecule has 0 saturated heterocycles. The average Bonchev–Trinajstić information content (AvgIpc) is 2.75. The highest BCUT2D eigenvalue weighted by atomic mass is 19.1.